The van der Waals surface area contributed by atoms with E-state index in [9.17, 15) is 9.59 Å². The Bertz CT molecular complexity index is 740. The van der Waals surface area contributed by atoms with Gasteiger partial charge in [0.25, 0.3) is 0 Å². The first kappa shape index (κ1) is 17.1. The fraction of sp³-hybridized carbons (Fsp3) is 0.263. The summed E-state index contributed by atoms with van der Waals surface area (Å²) in [6.07, 6.45) is 0. The van der Waals surface area contributed by atoms with Crippen molar-refractivity contribution in [3.8, 4) is 0 Å². The van der Waals surface area contributed by atoms with E-state index in [2.05, 4.69) is 0 Å². The molecule has 1 fully saturated rings. The number of thioether (sulfide) groups is 1. The molecular formula is C19H17ClO3S. The van der Waals surface area contributed by atoms with Crippen LogP contribution in [0.15, 0.2) is 48.5 Å². The highest BCUT2D eigenvalue weighted by molar-refractivity contribution is 8.14. The highest BCUT2D eigenvalue weighted by Crippen LogP contribution is 2.35. The molecule has 2 aromatic carbocycles. The Morgan fingerprint density at radius 2 is 1.83 bits per heavy atom. The van der Waals surface area contributed by atoms with Crippen LogP contribution >= 0.6 is 23.4 Å². The molecule has 3 rings (SSSR count). The molecule has 1 saturated heterocycles. The van der Waals surface area contributed by atoms with Gasteiger partial charge in [-0.1, -0.05) is 65.3 Å². The highest BCUT2D eigenvalue weighted by atomic mass is 35.5. The molecule has 124 valence electrons. The first-order valence-corrected chi connectivity index (χ1v) is 9.07. The normalized spacial score (nSPS) is 20.0. The van der Waals surface area contributed by atoms with Gasteiger partial charge in [0.1, 0.15) is 0 Å². The summed E-state index contributed by atoms with van der Waals surface area (Å²) in [5.74, 6) is -0.170. The standard InChI is InChI=1S/C19H17ClO3S/c1-12-2-4-14(5-3-12)19(22)24-11-17-16(10-23-18(17)21)13-6-8-15(20)9-7-13/h2-9,16-17H,10-11H2,1H3. The van der Waals surface area contributed by atoms with Crippen molar-refractivity contribution < 1.29 is 14.3 Å². The molecule has 1 heterocycles. The fourth-order valence-electron chi connectivity index (χ4n) is 2.72. The van der Waals surface area contributed by atoms with Gasteiger partial charge in [0, 0.05) is 22.3 Å². The Hall–Kier alpha value is -1.78. The minimum atomic E-state index is -0.314. The lowest BCUT2D eigenvalue weighted by atomic mass is 9.90. The summed E-state index contributed by atoms with van der Waals surface area (Å²) in [6, 6.07) is 14.9. The molecule has 0 bridgehead atoms. The van der Waals surface area contributed by atoms with Gasteiger partial charge in [0.2, 0.25) is 5.12 Å². The number of aryl methyl sites for hydroxylation is 1. The van der Waals surface area contributed by atoms with Gasteiger partial charge in [-0.05, 0) is 24.6 Å². The van der Waals surface area contributed by atoms with Crippen LogP contribution in [0, 0.1) is 12.8 Å². The number of benzene rings is 2. The van der Waals surface area contributed by atoms with Gasteiger partial charge < -0.3 is 4.74 Å². The van der Waals surface area contributed by atoms with Gasteiger partial charge in [-0.25, -0.2) is 0 Å². The number of hydrogen-bond donors (Lipinski definition) is 0. The SMILES string of the molecule is Cc1ccc(C(=O)SCC2C(=O)OCC2c2ccc(Cl)cc2)cc1. The number of cyclic esters (lactones) is 1. The van der Waals surface area contributed by atoms with Crippen LogP contribution in [0.3, 0.4) is 0 Å². The average Bonchev–Trinajstić information content (AvgIpc) is 2.95. The smallest absolute Gasteiger partial charge is 0.310 e. The van der Waals surface area contributed by atoms with Gasteiger partial charge in [-0.3, -0.25) is 9.59 Å². The van der Waals surface area contributed by atoms with Crippen molar-refractivity contribution in [1.82, 2.24) is 0 Å². The van der Waals surface area contributed by atoms with Crippen molar-refractivity contribution in [2.24, 2.45) is 5.92 Å². The van der Waals surface area contributed by atoms with Crippen molar-refractivity contribution in [2.45, 2.75) is 12.8 Å². The van der Waals surface area contributed by atoms with Crippen molar-refractivity contribution >= 4 is 34.4 Å². The Balaban J connectivity index is 1.68. The van der Waals surface area contributed by atoms with E-state index in [1.165, 1.54) is 11.8 Å². The number of carbonyl (C=O) groups excluding carboxylic acids is 2. The summed E-state index contributed by atoms with van der Waals surface area (Å²) in [4.78, 5) is 24.3. The quantitative estimate of drug-likeness (QED) is 0.754. The van der Waals surface area contributed by atoms with Crippen LogP contribution in [-0.2, 0) is 9.53 Å². The number of esters is 1. The first-order valence-electron chi connectivity index (χ1n) is 7.70. The molecule has 2 aromatic rings. The summed E-state index contributed by atoms with van der Waals surface area (Å²) in [5.41, 5.74) is 2.78. The Morgan fingerprint density at radius 3 is 2.50 bits per heavy atom. The summed E-state index contributed by atoms with van der Waals surface area (Å²) in [7, 11) is 0. The molecule has 2 atom stereocenters. The largest absolute Gasteiger partial charge is 0.465 e. The van der Waals surface area contributed by atoms with Crippen molar-refractivity contribution in [3.05, 3.63) is 70.2 Å². The molecule has 1 aliphatic rings. The van der Waals surface area contributed by atoms with Gasteiger partial charge in [0.15, 0.2) is 0 Å². The number of rotatable bonds is 4. The van der Waals surface area contributed by atoms with Crippen LogP contribution < -0.4 is 0 Å². The molecule has 0 saturated carbocycles. The maximum atomic E-state index is 12.3. The molecule has 0 aromatic heterocycles. The van der Waals surface area contributed by atoms with E-state index in [0.29, 0.717) is 22.9 Å². The molecule has 24 heavy (non-hydrogen) atoms. The molecule has 2 unspecified atom stereocenters. The van der Waals surface area contributed by atoms with Gasteiger partial charge >= 0.3 is 5.97 Å². The molecule has 3 nitrogen and oxygen atoms in total. The lowest BCUT2D eigenvalue weighted by molar-refractivity contribution is -0.140. The van der Waals surface area contributed by atoms with E-state index in [-0.39, 0.29) is 22.9 Å². The van der Waals surface area contributed by atoms with E-state index in [1.807, 2.05) is 43.3 Å². The molecule has 0 N–H and O–H groups in total. The number of halogens is 1. The molecular weight excluding hydrogens is 344 g/mol. The number of ether oxygens (including phenoxy) is 1. The summed E-state index contributed by atoms with van der Waals surface area (Å²) in [6.45, 7) is 2.33. The molecule has 0 aliphatic carbocycles. The van der Waals surface area contributed by atoms with Crippen LogP contribution in [-0.4, -0.2) is 23.4 Å². The van der Waals surface area contributed by atoms with E-state index >= 15 is 0 Å². The fourth-order valence-corrected chi connectivity index (χ4v) is 3.85. The molecule has 5 heteroatoms. The van der Waals surface area contributed by atoms with Crippen LogP contribution in [0.5, 0.6) is 0 Å². The third-order valence-corrected chi connectivity index (χ3v) is 5.45. The second kappa shape index (κ2) is 7.41. The monoisotopic (exact) mass is 360 g/mol. The Morgan fingerprint density at radius 1 is 1.17 bits per heavy atom. The third-order valence-electron chi connectivity index (χ3n) is 4.17. The van der Waals surface area contributed by atoms with E-state index in [4.69, 9.17) is 16.3 Å². The van der Waals surface area contributed by atoms with E-state index in [1.54, 1.807) is 12.1 Å². The second-order valence-corrected chi connectivity index (χ2v) is 7.29. The van der Waals surface area contributed by atoms with Crippen LogP contribution in [0.2, 0.25) is 5.02 Å². The maximum absolute atomic E-state index is 12.3. The van der Waals surface area contributed by atoms with Crippen molar-refractivity contribution in [3.63, 3.8) is 0 Å². The minimum absolute atomic E-state index is 0.0236. The number of carbonyl (C=O) groups is 2. The van der Waals surface area contributed by atoms with E-state index < -0.39 is 0 Å². The first-order chi connectivity index (χ1) is 11.5. The van der Waals surface area contributed by atoms with Crippen LogP contribution in [0.25, 0.3) is 0 Å². The zero-order valence-electron chi connectivity index (χ0n) is 13.2. The Labute approximate surface area is 150 Å². The molecule has 0 radical (unpaired) electrons. The number of hydrogen-bond acceptors (Lipinski definition) is 4. The zero-order chi connectivity index (χ0) is 17.1. The summed E-state index contributed by atoms with van der Waals surface area (Å²) in [5, 5.41) is 0.633. The molecule has 1 aliphatic heterocycles. The maximum Gasteiger partial charge on any atom is 0.310 e. The molecule has 0 amide bonds. The van der Waals surface area contributed by atoms with Gasteiger partial charge in [-0.15, -0.1) is 0 Å². The zero-order valence-corrected chi connectivity index (χ0v) is 14.8. The van der Waals surface area contributed by atoms with Gasteiger partial charge in [0.05, 0.1) is 12.5 Å². The predicted octanol–water partition coefficient (Wildman–Crippen LogP) is 4.48. The van der Waals surface area contributed by atoms with Crippen molar-refractivity contribution in [1.29, 1.82) is 0 Å². The average molecular weight is 361 g/mol. The summed E-state index contributed by atoms with van der Waals surface area (Å²) >= 11 is 7.09. The molecule has 0 spiro atoms. The van der Waals surface area contributed by atoms with Crippen molar-refractivity contribution in [2.75, 3.05) is 12.4 Å². The highest BCUT2D eigenvalue weighted by Gasteiger charge is 2.38. The summed E-state index contributed by atoms with van der Waals surface area (Å²) < 4.78 is 5.22. The third kappa shape index (κ3) is 3.82. The topological polar surface area (TPSA) is 43.4 Å². The predicted molar refractivity (Wildman–Crippen MR) is 96.6 cm³/mol. The Kier molecular flexibility index (Phi) is 5.27. The lowest BCUT2D eigenvalue weighted by Crippen LogP contribution is -2.18. The van der Waals surface area contributed by atoms with Crippen LogP contribution in [0.1, 0.15) is 27.4 Å². The second-order valence-electron chi connectivity index (χ2n) is 5.86. The van der Waals surface area contributed by atoms with Crippen LogP contribution in [0.4, 0.5) is 0 Å². The minimum Gasteiger partial charge on any atom is -0.465 e. The van der Waals surface area contributed by atoms with E-state index in [0.717, 1.165) is 11.1 Å². The lowest BCUT2D eigenvalue weighted by Gasteiger charge is -2.15. The van der Waals surface area contributed by atoms with Gasteiger partial charge in [-0.2, -0.15) is 0 Å².